The van der Waals surface area contributed by atoms with E-state index >= 15 is 0 Å². The molecule has 194 valence electrons. The number of nitriles is 1. The highest BCUT2D eigenvalue weighted by atomic mass is 16.2. The summed E-state index contributed by atoms with van der Waals surface area (Å²) in [4.78, 5) is 36.9. The molecule has 1 aromatic heterocycles. The van der Waals surface area contributed by atoms with Gasteiger partial charge in [-0.2, -0.15) is 5.26 Å². The molecule has 2 heterocycles. The number of amides is 3. The van der Waals surface area contributed by atoms with Crippen molar-refractivity contribution in [3.63, 3.8) is 0 Å². The molecule has 3 amide bonds. The van der Waals surface area contributed by atoms with Crippen LogP contribution in [-0.4, -0.2) is 70.9 Å². The minimum absolute atomic E-state index is 0.0410. The Hall–Kier alpha value is -3.44. The van der Waals surface area contributed by atoms with Crippen molar-refractivity contribution in [1.82, 2.24) is 19.7 Å². The first-order chi connectivity index (χ1) is 17.9. The molecule has 3 aliphatic rings. The standard InChI is InChI=1S/C29H36N6O2/c1-33(2)29(24-11-4-3-5-12-24)15-13-28(14-16-29)21-34(27(37)35(28)19-22-8-6-9-22)20-25(36)32-26-23(18-30)10-7-17-31-26/h3-5,7,10-12,17,22H,6,8-9,13-16,19-21H2,1-2H3,(H,31,32,36)/t28-,29-. The van der Waals surface area contributed by atoms with Crippen LogP contribution in [0.4, 0.5) is 10.6 Å². The summed E-state index contributed by atoms with van der Waals surface area (Å²) in [6, 6.07) is 16.0. The average Bonchev–Trinajstić information content (AvgIpc) is 3.12. The van der Waals surface area contributed by atoms with Crippen LogP contribution >= 0.6 is 0 Å². The summed E-state index contributed by atoms with van der Waals surface area (Å²) in [5.41, 5.74) is 1.31. The highest BCUT2D eigenvalue weighted by Gasteiger charge is 2.55. The molecule has 1 aliphatic heterocycles. The van der Waals surface area contributed by atoms with E-state index in [9.17, 15) is 14.9 Å². The van der Waals surface area contributed by atoms with Crippen molar-refractivity contribution in [1.29, 1.82) is 5.26 Å². The number of carbonyl (C=O) groups is 2. The Morgan fingerprint density at radius 3 is 2.49 bits per heavy atom. The third-order valence-corrected chi connectivity index (χ3v) is 8.92. The minimum Gasteiger partial charge on any atom is -0.317 e. The Balaban J connectivity index is 1.35. The molecule has 0 radical (unpaired) electrons. The summed E-state index contributed by atoms with van der Waals surface area (Å²) >= 11 is 0. The molecule has 3 fully saturated rings. The first-order valence-electron chi connectivity index (χ1n) is 13.3. The number of rotatable bonds is 7. The third-order valence-electron chi connectivity index (χ3n) is 8.92. The van der Waals surface area contributed by atoms with E-state index in [1.165, 1.54) is 24.8 Å². The van der Waals surface area contributed by atoms with E-state index in [1.54, 1.807) is 23.2 Å². The largest absolute Gasteiger partial charge is 0.321 e. The number of hydrogen-bond acceptors (Lipinski definition) is 5. The van der Waals surface area contributed by atoms with Gasteiger partial charge in [-0.3, -0.25) is 9.69 Å². The maximum absolute atomic E-state index is 13.7. The molecular weight excluding hydrogens is 464 g/mol. The smallest absolute Gasteiger partial charge is 0.317 e. The van der Waals surface area contributed by atoms with Crippen molar-refractivity contribution in [2.75, 3.05) is 39.0 Å². The second-order valence-electron chi connectivity index (χ2n) is 11.1. The fraction of sp³-hybridized carbons (Fsp3) is 0.517. The predicted octanol–water partition coefficient (Wildman–Crippen LogP) is 4.20. The van der Waals surface area contributed by atoms with Gasteiger partial charge >= 0.3 is 6.03 Å². The fourth-order valence-corrected chi connectivity index (χ4v) is 6.45. The first-order valence-corrected chi connectivity index (χ1v) is 13.3. The Labute approximate surface area is 219 Å². The number of aromatic nitrogens is 1. The van der Waals surface area contributed by atoms with Gasteiger partial charge in [0.25, 0.3) is 0 Å². The van der Waals surface area contributed by atoms with E-state index in [0.29, 0.717) is 18.0 Å². The van der Waals surface area contributed by atoms with E-state index < -0.39 is 0 Å². The Kier molecular flexibility index (Phi) is 6.91. The predicted molar refractivity (Wildman–Crippen MR) is 142 cm³/mol. The van der Waals surface area contributed by atoms with Gasteiger partial charge in [0.1, 0.15) is 12.6 Å². The van der Waals surface area contributed by atoms with Gasteiger partial charge in [0, 0.05) is 24.8 Å². The molecule has 2 aromatic rings. The number of nitrogens with zero attached hydrogens (tertiary/aromatic N) is 5. The molecule has 0 unspecified atom stereocenters. The number of carbonyl (C=O) groups excluding carboxylic acids is 2. The molecule has 1 aromatic carbocycles. The third kappa shape index (κ3) is 4.69. The Morgan fingerprint density at radius 2 is 1.86 bits per heavy atom. The molecule has 2 saturated carbocycles. The molecule has 1 spiro atoms. The average molecular weight is 501 g/mol. The fourth-order valence-electron chi connectivity index (χ4n) is 6.45. The lowest BCUT2D eigenvalue weighted by molar-refractivity contribution is -0.116. The summed E-state index contributed by atoms with van der Waals surface area (Å²) < 4.78 is 0. The van der Waals surface area contributed by atoms with Gasteiger partial charge in [-0.05, 0) is 76.2 Å². The minimum atomic E-state index is -0.327. The second kappa shape index (κ2) is 10.1. The molecule has 2 aliphatic carbocycles. The quantitative estimate of drug-likeness (QED) is 0.615. The lowest BCUT2D eigenvalue weighted by Crippen LogP contribution is -2.56. The molecule has 1 N–H and O–H groups in total. The van der Waals surface area contributed by atoms with Crippen LogP contribution in [0.5, 0.6) is 0 Å². The second-order valence-corrected chi connectivity index (χ2v) is 11.1. The molecule has 37 heavy (non-hydrogen) atoms. The Morgan fingerprint density at radius 1 is 1.14 bits per heavy atom. The van der Waals surface area contributed by atoms with Gasteiger partial charge in [-0.25, -0.2) is 9.78 Å². The van der Waals surface area contributed by atoms with E-state index in [0.717, 1.165) is 32.2 Å². The monoisotopic (exact) mass is 500 g/mol. The molecule has 8 nitrogen and oxygen atoms in total. The van der Waals surface area contributed by atoms with Gasteiger partial charge in [0.2, 0.25) is 5.91 Å². The van der Waals surface area contributed by atoms with Crippen LogP contribution < -0.4 is 5.32 Å². The number of urea groups is 1. The number of anilines is 1. The molecular formula is C29H36N6O2. The van der Waals surface area contributed by atoms with Crippen LogP contribution in [0.3, 0.4) is 0 Å². The van der Waals surface area contributed by atoms with E-state index in [-0.39, 0.29) is 35.4 Å². The topological polar surface area (TPSA) is 92.6 Å². The number of pyridine rings is 1. The van der Waals surface area contributed by atoms with E-state index in [1.807, 2.05) is 0 Å². The normalized spacial score (nSPS) is 25.8. The summed E-state index contributed by atoms with van der Waals surface area (Å²) in [5.74, 6) is 0.460. The summed E-state index contributed by atoms with van der Waals surface area (Å²) in [5, 5.41) is 12.1. The number of nitrogens with one attached hydrogen (secondary N) is 1. The van der Waals surface area contributed by atoms with Crippen molar-refractivity contribution >= 4 is 17.8 Å². The van der Waals surface area contributed by atoms with Crippen molar-refractivity contribution < 1.29 is 9.59 Å². The van der Waals surface area contributed by atoms with Gasteiger partial charge in [0.05, 0.1) is 11.1 Å². The summed E-state index contributed by atoms with van der Waals surface area (Å²) in [6.07, 6.45) is 8.82. The lowest BCUT2D eigenvalue weighted by Gasteiger charge is -2.51. The van der Waals surface area contributed by atoms with Crippen LogP contribution in [0, 0.1) is 17.2 Å². The van der Waals surface area contributed by atoms with Crippen LogP contribution in [0.2, 0.25) is 0 Å². The first kappa shape index (κ1) is 25.2. The van der Waals surface area contributed by atoms with Crippen LogP contribution in [0.25, 0.3) is 0 Å². The SMILES string of the molecule is CN(C)[C@]1(c2ccccc2)CC[C@@]2(CC1)CN(CC(=O)Nc1ncccc1C#N)C(=O)N2CC1CCC1. The summed E-state index contributed by atoms with van der Waals surface area (Å²) in [6.45, 7) is 1.29. The van der Waals surface area contributed by atoms with Crippen molar-refractivity contribution in [3.8, 4) is 6.07 Å². The molecule has 5 rings (SSSR count). The van der Waals surface area contributed by atoms with Gasteiger partial charge < -0.3 is 15.1 Å². The van der Waals surface area contributed by atoms with Crippen molar-refractivity contribution in [2.45, 2.75) is 56.0 Å². The van der Waals surface area contributed by atoms with Crippen LogP contribution in [-0.2, 0) is 10.3 Å². The zero-order valence-corrected chi connectivity index (χ0v) is 21.8. The molecule has 0 bridgehead atoms. The molecule has 0 atom stereocenters. The van der Waals surface area contributed by atoms with Crippen molar-refractivity contribution in [2.24, 2.45) is 5.92 Å². The zero-order chi connectivity index (χ0) is 26.0. The Bertz CT molecular complexity index is 1180. The number of benzene rings is 1. The van der Waals surface area contributed by atoms with Crippen LogP contribution in [0.1, 0.15) is 56.1 Å². The zero-order valence-electron chi connectivity index (χ0n) is 21.8. The van der Waals surface area contributed by atoms with Gasteiger partial charge in [-0.15, -0.1) is 0 Å². The van der Waals surface area contributed by atoms with E-state index in [4.69, 9.17) is 0 Å². The van der Waals surface area contributed by atoms with Gasteiger partial charge in [0.15, 0.2) is 5.82 Å². The maximum atomic E-state index is 13.7. The van der Waals surface area contributed by atoms with Crippen molar-refractivity contribution in [3.05, 3.63) is 59.8 Å². The number of hydrogen-bond donors (Lipinski definition) is 1. The summed E-state index contributed by atoms with van der Waals surface area (Å²) in [7, 11) is 4.31. The maximum Gasteiger partial charge on any atom is 0.321 e. The highest BCUT2D eigenvalue weighted by molar-refractivity contribution is 5.95. The van der Waals surface area contributed by atoms with Crippen LogP contribution in [0.15, 0.2) is 48.7 Å². The van der Waals surface area contributed by atoms with Gasteiger partial charge in [-0.1, -0.05) is 36.8 Å². The molecule has 8 heteroatoms. The van der Waals surface area contributed by atoms with E-state index in [2.05, 4.69) is 70.6 Å². The lowest BCUT2D eigenvalue weighted by atomic mass is 9.68. The highest BCUT2D eigenvalue weighted by Crippen LogP contribution is 2.49. The molecule has 1 saturated heterocycles.